The Bertz CT molecular complexity index is 624. The van der Waals surface area contributed by atoms with Crippen LogP contribution in [0.3, 0.4) is 0 Å². The lowest BCUT2D eigenvalue weighted by atomic mass is 10.3. The summed E-state index contributed by atoms with van der Waals surface area (Å²) >= 11 is 0. The third kappa shape index (κ3) is 4.21. The number of methoxy groups -OCH3 is 1. The van der Waals surface area contributed by atoms with Crippen molar-refractivity contribution in [2.24, 2.45) is 0 Å². The summed E-state index contributed by atoms with van der Waals surface area (Å²) in [5.74, 6) is 0.999. The Morgan fingerprint density at radius 2 is 2.18 bits per heavy atom. The molecular formula is C16H24N4O2. The van der Waals surface area contributed by atoms with Crippen LogP contribution in [0.5, 0.6) is 0 Å². The molecular weight excluding hydrogens is 280 g/mol. The molecule has 0 aliphatic rings. The molecule has 0 radical (unpaired) electrons. The fraction of sp³-hybridized carbons (Fsp3) is 0.500. The molecule has 1 aromatic carbocycles. The summed E-state index contributed by atoms with van der Waals surface area (Å²) < 4.78 is 7.16. The van der Waals surface area contributed by atoms with E-state index < -0.39 is 0 Å². The highest BCUT2D eigenvalue weighted by molar-refractivity contribution is 5.76. The van der Waals surface area contributed by atoms with E-state index in [2.05, 4.69) is 26.3 Å². The molecule has 6 nitrogen and oxygen atoms in total. The van der Waals surface area contributed by atoms with E-state index in [1.54, 1.807) is 7.11 Å². The second-order valence-electron chi connectivity index (χ2n) is 5.41. The van der Waals surface area contributed by atoms with Gasteiger partial charge in [0.15, 0.2) is 0 Å². The highest BCUT2D eigenvalue weighted by Crippen LogP contribution is 2.15. The van der Waals surface area contributed by atoms with Gasteiger partial charge in [-0.3, -0.25) is 0 Å². The Balaban J connectivity index is 1.79. The number of fused-ring (bicyclic) bond motifs is 1. The number of benzene rings is 1. The van der Waals surface area contributed by atoms with Gasteiger partial charge in [0, 0.05) is 20.2 Å². The zero-order chi connectivity index (χ0) is 15.9. The first-order valence-electron chi connectivity index (χ1n) is 7.57. The quantitative estimate of drug-likeness (QED) is 0.769. The van der Waals surface area contributed by atoms with Crippen LogP contribution in [-0.4, -0.2) is 41.9 Å². The van der Waals surface area contributed by atoms with Crippen LogP contribution in [0, 0.1) is 6.92 Å². The van der Waals surface area contributed by atoms with Crippen molar-refractivity contribution < 1.29 is 9.53 Å². The van der Waals surface area contributed by atoms with Crippen LogP contribution in [0.15, 0.2) is 24.3 Å². The van der Waals surface area contributed by atoms with Gasteiger partial charge in [0.25, 0.3) is 0 Å². The monoisotopic (exact) mass is 304 g/mol. The van der Waals surface area contributed by atoms with Crippen molar-refractivity contribution in [3.05, 3.63) is 30.1 Å². The minimum atomic E-state index is -0.156. The number of imidazole rings is 1. The normalized spacial score (nSPS) is 12.3. The SMILES string of the molecule is COCC(C)NC(=O)NCCCn1c(C)nc2ccccc21. The summed E-state index contributed by atoms with van der Waals surface area (Å²) in [6.45, 7) is 5.88. The van der Waals surface area contributed by atoms with Gasteiger partial charge in [0.2, 0.25) is 0 Å². The van der Waals surface area contributed by atoms with Gasteiger partial charge in [-0.25, -0.2) is 9.78 Å². The molecule has 2 N–H and O–H groups in total. The van der Waals surface area contributed by atoms with Crippen molar-refractivity contribution in [3.63, 3.8) is 0 Å². The Hall–Kier alpha value is -2.08. The van der Waals surface area contributed by atoms with Gasteiger partial charge in [-0.2, -0.15) is 0 Å². The molecule has 0 spiro atoms. The molecule has 1 unspecified atom stereocenters. The van der Waals surface area contributed by atoms with Crippen LogP contribution in [0.1, 0.15) is 19.2 Å². The highest BCUT2D eigenvalue weighted by atomic mass is 16.5. The number of aryl methyl sites for hydroxylation is 2. The first kappa shape index (κ1) is 16.3. The van der Waals surface area contributed by atoms with Gasteiger partial charge in [-0.1, -0.05) is 12.1 Å². The van der Waals surface area contributed by atoms with Gasteiger partial charge >= 0.3 is 6.03 Å². The standard InChI is InChI=1S/C16H24N4O2/c1-12(11-22-3)18-16(21)17-9-6-10-20-13(2)19-14-7-4-5-8-15(14)20/h4-5,7-8,12H,6,9-11H2,1-3H3,(H2,17,18,21). The number of para-hydroxylation sites is 2. The third-order valence-electron chi connectivity index (χ3n) is 3.48. The van der Waals surface area contributed by atoms with E-state index in [4.69, 9.17) is 4.74 Å². The molecule has 0 aliphatic heterocycles. The van der Waals surface area contributed by atoms with Crippen molar-refractivity contribution in [3.8, 4) is 0 Å². The molecule has 0 saturated heterocycles. The van der Waals surface area contributed by atoms with E-state index >= 15 is 0 Å². The Labute approximate surface area is 130 Å². The fourth-order valence-corrected chi connectivity index (χ4v) is 2.48. The van der Waals surface area contributed by atoms with E-state index in [0.717, 1.165) is 29.8 Å². The van der Waals surface area contributed by atoms with Gasteiger partial charge in [0.1, 0.15) is 5.82 Å². The van der Waals surface area contributed by atoms with Crippen LogP contribution < -0.4 is 10.6 Å². The zero-order valence-electron chi connectivity index (χ0n) is 13.4. The zero-order valence-corrected chi connectivity index (χ0v) is 13.4. The molecule has 0 aliphatic carbocycles. The van der Waals surface area contributed by atoms with Crippen molar-refractivity contribution in [1.29, 1.82) is 0 Å². The van der Waals surface area contributed by atoms with E-state index in [0.29, 0.717) is 13.2 Å². The van der Waals surface area contributed by atoms with Crippen LogP contribution in [-0.2, 0) is 11.3 Å². The number of ether oxygens (including phenoxy) is 1. The number of carbonyl (C=O) groups is 1. The Morgan fingerprint density at radius 1 is 1.41 bits per heavy atom. The molecule has 120 valence electrons. The smallest absolute Gasteiger partial charge is 0.315 e. The number of hydrogen-bond donors (Lipinski definition) is 2. The lowest BCUT2D eigenvalue weighted by Gasteiger charge is -2.14. The largest absolute Gasteiger partial charge is 0.383 e. The summed E-state index contributed by atoms with van der Waals surface area (Å²) in [7, 11) is 1.62. The minimum absolute atomic E-state index is 0.00448. The van der Waals surface area contributed by atoms with Gasteiger partial charge in [-0.05, 0) is 32.4 Å². The number of amides is 2. The second-order valence-corrected chi connectivity index (χ2v) is 5.41. The number of carbonyl (C=O) groups excluding carboxylic acids is 1. The van der Waals surface area contributed by atoms with E-state index in [1.165, 1.54) is 0 Å². The third-order valence-corrected chi connectivity index (χ3v) is 3.48. The fourth-order valence-electron chi connectivity index (χ4n) is 2.48. The molecule has 1 atom stereocenters. The summed E-state index contributed by atoms with van der Waals surface area (Å²) in [5.41, 5.74) is 2.15. The van der Waals surface area contributed by atoms with E-state index in [9.17, 15) is 4.79 Å². The van der Waals surface area contributed by atoms with Gasteiger partial charge in [0.05, 0.1) is 23.7 Å². The molecule has 0 saturated carbocycles. The number of rotatable bonds is 7. The molecule has 2 rings (SSSR count). The number of aromatic nitrogens is 2. The van der Waals surface area contributed by atoms with Gasteiger partial charge in [-0.15, -0.1) is 0 Å². The van der Waals surface area contributed by atoms with Crippen LogP contribution in [0.2, 0.25) is 0 Å². The highest BCUT2D eigenvalue weighted by Gasteiger charge is 2.08. The van der Waals surface area contributed by atoms with Crippen molar-refractivity contribution in [2.75, 3.05) is 20.3 Å². The van der Waals surface area contributed by atoms with Crippen molar-refractivity contribution in [1.82, 2.24) is 20.2 Å². The molecule has 6 heteroatoms. The predicted molar refractivity (Wildman–Crippen MR) is 87.0 cm³/mol. The lowest BCUT2D eigenvalue weighted by molar-refractivity contribution is 0.171. The maximum absolute atomic E-state index is 11.7. The first-order chi connectivity index (χ1) is 10.6. The molecule has 0 fully saturated rings. The maximum atomic E-state index is 11.7. The van der Waals surface area contributed by atoms with Crippen LogP contribution >= 0.6 is 0 Å². The molecule has 0 bridgehead atoms. The number of hydrogen-bond acceptors (Lipinski definition) is 3. The Kier molecular flexibility index (Phi) is 5.77. The van der Waals surface area contributed by atoms with Crippen molar-refractivity contribution >= 4 is 17.1 Å². The molecule has 1 aromatic heterocycles. The summed E-state index contributed by atoms with van der Waals surface area (Å²) in [6.07, 6.45) is 0.854. The van der Waals surface area contributed by atoms with Crippen molar-refractivity contribution in [2.45, 2.75) is 32.9 Å². The maximum Gasteiger partial charge on any atom is 0.315 e. The van der Waals surface area contributed by atoms with Crippen LogP contribution in [0.4, 0.5) is 4.79 Å². The summed E-state index contributed by atoms with van der Waals surface area (Å²) in [4.78, 5) is 16.2. The molecule has 2 amide bonds. The molecule has 2 aromatic rings. The summed E-state index contributed by atoms with van der Waals surface area (Å²) in [6, 6.07) is 7.94. The average Bonchev–Trinajstić information content (AvgIpc) is 2.79. The molecule has 22 heavy (non-hydrogen) atoms. The number of nitrogens with zero attached hydrogens (tertiary/aromatic N) is 2. The van der Waals surface area contributed by atoms with Crippen LogP contribution in [0.25, 0.3) is 11.0 Å². The van der Waals surface area contributed by atoms with E-state index in [-0.39, 0.29) is 12.1 Å². The first-order valence-corrected chi connectivity index (χ1v) is 7.57. The lowest BCUT2D eigenvalue weighted by Crippen LogP contribution is -2.43. The second kappa shape index (κ2) is 7.79. The summed E-state index contributed by atoms with van der Waals surface area (Å²) in [5, 5.41) is 5.68. The predicted octanol–water partition coefficient (Wildman–Crippen LogP) is 2.07. The topological polar surface area (TPSA) is 68.2 Å². The average molecular weight is 304 g/mol. The molecule has 1 heterocycles. The van der Waals surface area contributed by atoms with Gasteiger partial charge < -0.3 is 19.9 Å². The minimum Gasteiger partial charge on any atom is -0.383 e. The Morgan fingerprint density at radius 3 is 2.95 bits per heavy atom. The van der Waals surface area contributed by atoms with E-state index in [1.807, 2.05) is 32.0 Å². The number of nitrogens with one attached hydrogen (secondary N) is 2. The number of urea groups is 1.